The molecule has 174 valence electrons. The highest BCUT2D eigenvalue weighted by Gasteiger charge is 2.42. The van der Waals surface area contributed by atoms with E-state index in [9.17, 15) is 0 Å². The number of fused-ring (bicyclic) bond motifs is 9. The number of benzene rings is 6. The Bertz CT molecular complexity index is 2060. The fourth-order valence-corrected chi connectivity index (χ4v) is 9.49. The smallest absolute Gasteiger partial charge is 0.174 e. The minimum Gasteiger partial charge on any atom is -0.309 e. The standard InChI is InChI=1S/C34H22NOP/c36-37(25-14-5-2-6-15-25)31-18-10-9-17-27(31)28-20-21-29-32-26-16-8-7-11-23(26)19-22-30(32)35(33(29)34(28)37)24-12-3-1-4-13-24/h1-22H. The zero-order chi connectivity index (χ0) is 24.6. The van der Waals surface area contributed by atoms with Crippen LogP contribution in [0.25, 0.3) is 49.4 Å². The minimum absolute atomic E-state index is 0.878. The molecule has 0 saturated carbocycles. The van der Waals surface area contributed by atoms with Gasteiger partial charge in [0.05, 0.1) is 16.3 Å². The maximum Gasteiger partial charge on any atom is 0.174 e. The number of hydrogen-bond donors (Lipinski definition) is 0. The van der Waals surface area contributed by atoms with Crippen LogP contribution < -0.4 is 15.9 Å². The van der Waals surface area contributed by atoms with Gasteiger partial charge in [0.25, 0.3) is 0 Å². The van der Waals surface area contributed by atoms with Gasteiger partial charge in [-0.05, 0) is 40.1 Å². The number of para-hydroxylation sites is 1. The van der Waals surface area contributed by atoms with Crippen LogP contribution in [0.3, 0.4) is 0 Å². The van der Waals surface area contributed by atoms with Crippen molar-refractivity contribution < 1.29 is 4.57 Å². The predicted octanol–water partition coefficient (Wildman–Crippen LogP) is 7.56. The third-order valence-corrected chi connectivity index (χ3v) is 11.0. The Balaban J connectivity index is 1.65. The second-order valence-electron chi connectivity index (χ2n) is 9.67. The molecule has 0 saturated heterocycles. The van der Waals surface area contributed by atoms with Crippen molar-refractivity contribution in [1.29, 1.82) is 0 Å². The summed E-state index contributed by atoms with van der Waals surface area (Å²) in [7, 11) is -3.13. The normalized spacial score (nSPS) is 16.3. The molecule has 1 unspecified atom stereocenters. The molecule has 8 rings (SSSR count). The van der Waals surface area contributed by atoms with E-state index in [1.807, 2.05) is 48.5 Å². The van der Waals surface area contributed by atoms with E-state index in [0.717, 1.165) is 49.1 Å². The van der Waals surface area contributed by atoms with Crippen molar-refractivity contribution in [3.8, 4) is 16.8 Å². The van der Waals surface area contributed by atoms with E-state index in [1.54, 1.807) is 0 Å². The average Bonchev–Trinajstić information content (AvgIpc) is 3.45. The molecule has 2 heterocycles. The van der Waals surface area contributed by atoms with Crippen LogP contribution in [0.4, 0.5) is 0 Å². The molecule has 0 radical (unpaired) electrons. The van der Waals surface area contributed by atoms with Crippen LogP contribution in [0, 0.1) is 0 Å². The first-order valence-electron chi connectivity index (χ1n) is 12.6. The molecule has 0 fully saturated rings. The molecule has 7 aromatic rings. The lowest BCUT2D eigenvalue weighted by molar-refractivity contribution is 0.593. The van der Waals surface area contributed by atoms with Crippen LogP contribution in [0.2, 0.25) is 0 Å². The van der Waals surface area contributed by atoms with E-state index < -0.39 is 7.14 Å². The number of rotatable bonds is 2. The largest absolute Gasteiger partial charge is 0.309 e. The van der Waals surface area contributed by atoms with Gasteiger partial charge in [-0.25, -0.2) is 0 Å². The van der Waals surface area contributed by atoms with Gasteiger partial charge in [-0.2, -0.15) is 0 Å². The van der Waals surface area contributed by atoms with Gasteiger partial charge in [0.15, 0.2) is 7.14 Å². The summed E-state index contributed by atoms with van der Waals surface area (Å²) in [6.45, 7) is 0. The van der Waals surface area contributed by atoms with Crippen LogP contribution in [-0.2, 0) is 4.57 Å². The summed E-state index contributed by atoms with van der Waals surface area (Å²) >= 11 is 0. The molecule has 1 aliphatic heterocycles. The van der Waals surface area contributed by atoms with Crippen molar-refractivity contribution in [2.75, 3.05) is 0 Å². The Kier molecular flexibility index (Phi) is 4.24. The minimum atomic E-state index is -3.13. The van der Waals surface area contributed by atoms with Gasteiger partial charge in [-0.3, -0.25) is 0 Å². The molecule has 1 aliphatic rings. The molecule has 0 aliphatic carbocycles. The zero-order valence-electron chi connectivity index (χ0n) is 20.0. The Hall–Kier alpha value is -4.39. The van der Waals surface area contributed by atoms with Gasteiger partial charge >= 0.3 is 0 Å². The fraction of sp³-hybridized carbons (Fsp3) is 0. The molecule has 6 aromatic carbocycles. The molecule has 37 heavy (non-hydrogen) atoms. The van der Waals surface area contributed by atoms with Gasteiger partial charge < -0.3 is 9.13 Å². The molecule has 1 atom stereocenters. The lowest BCUT2D eigenvalue weighted by atomic mass is 10.0. The van der Waals surface area contributed by atoms with Crippen molar-refractivity contribution in [2.45, 2.75) is 0 Å². The first kappa shape index (κ1) is 20.8. The number of nitrogens with zero attached hydrogens (tertiary/aromatic N) is 1. The lowest BCUT2D eigenvalue weighted by Crippen LogP contribution is -2.22. The lowest BCUT2D eigenvalue weighted by Gasteiger charge is -2.18. The SMILES string of the molecule is O=P1(c2ccccc2)c2ccccc2-c2ccc3c4c5ccccc5ccc4n(-c4ccccc4)c3c21. The maximum atomic E-state index is 15.6. The van der Waals surface area contributed by atoms with Crippen LogP contribution in [-0.4, -0.2) is 4.57 Å². The zero-order valence-corrected chi connectivity index (χ0v) is 20.9. The van der Waals surface area contributed by atoms with Gasteiger partial charge in [-0.15, -0.1) is 0 Å². The highest BCUT2D eigenvalue weighted by Crippen LogP contribution is 2.55. The highest BCUT2D eigenvalue weighted by molar-refractivity contribution is 7.86. The van der Waals surface area contributed by atoms with Gasteiger partial charge in [0.2, 0.25) is 0 Å². The van der Waals surface area contributed by atoms with Crippen molar-refractivity contribution >= 4 is 55.6 Å². The van der Waals surface area contributed by atoms with Crippen LogP contribution in [0.15, 0.2) is 133 Å². The van der Waals surface area contributed by atoms with Gasteiger partial charge in [-0.1, -0.05) is 115 Å². The van der Waals surface area contributed by atoms with Crippen molar-refractivity contribution in [3.63, 3.8) is 0 Å². The molecule has 3 heteroatoms. The molecule has 1 aromatic heterocycles. The van der Waals surface area contributed by atoms with E-state index in [0.29, 0.717) is 0 Å². The molecule has 0 N–H and O–H groups in total. The monoisotopic (exact) mass is 491 g/mol. The second kappa shape index (κ2) is 7.56. The van der Waals surface area contributed by atoms with E-state index >= 15 is 4.57 Å². The van der Waals surface area contributed by atoms with E-state index in [1.165, 1.54) is 16.2 Å². The van der Waals surface area contributed by atoms with Crippen LogP contribution in [0.1, 0.15) is 0 Å². The summed E-state index contributed by atoms with van der Waals surface area (Å²) in [5.74, 6) is 0. The molecular weight excluding hydrogens is 469 g/mol. The summed E-state index contributed by atoms with van der Waals surface area (Å²) in [4.78, 5) is 0. The summed E-state index contributed by atoms with van der Waals surface area (Å²) in [5, 5.41) is 7.51. The maximum absolute atomic E-state index is 15.6. The molecule has 0 bridgehead atoms. The van der Waals surface area contributed by atoms with E-state index in [4.69, 9.17) is 0 Å². The second-order valence-corrected chi connectivity index (χ2v) is 12.3. The third kappa shape index (κ3) is 2.68. The van der Waals surface area contributed by atoms with Crippen LogP contribution >= 0.6 is 7.14 Å². The van der Waals surface area contributed by atoms with Gasteiger partial charge in [0, 0.05) is 27.1 Å². The molecular formula is C34H22NOP. The van der Waals surface area contributed by atoms with Crippen molar-refractivity contribution in [1.82, 2.24) is 4.57 Å². The highest BCUT2D eigenvalue weighted by atomic mass is 31.2. The van der Waals surface area contributed by atoms with Gasteiger partial charge in [0.1, 0.15) is 0 Å². The number of aromatic nitrogens is 1. The average molecular weight is 492 g/mol. The van der Waals surface area contributed by atoms with E-state index in [-0.39, 0.29) is 0 Å². The molecule has 2 nitrogen and oxygen atoms in total. The van der Waals surface area contributed by atoms with Crippen LogP contribution in [0.5, 0.6) is 0 Å². The third-order valence-electron chi connectivity index (χ3n) is 7.77. The Morgan fingerprint density at radius 3 is 2.08 bits per heavy atom. The Morgan fingerprint density at radius 1 is 0.541 bits per heavy atom. The quantitative estimate of drug-likeness (QED) is 0.229. The summed E-state index contributed by atoms with van der Waals surface area (Å²) < 4.78 is 17.9. The first-order chi connectivity index (χ1) is 18.3. The predicted molar refractivity (Wildman–Crippen MR) is 157 cm³/mol. The topological polar surface area (TPSA) is 22.0 Å². The molecule has 0 spiro atoms. The summed E-state index contributed by atoms with van der Waals surface area (Å²) in [6, 6.07) is 46.1. The molecule has 0 amide bonds. The van der Waals surface area contributed by atoms with Crippen molar-refractivity contribution in [3.05, 3.63) is 133 Å². The summed E-state index contributed by atoms with van der Waals surface area (Å²) in [6.07, 6.45) is 0. The fourth-order valence-electron chi connectivity index (χ4n) is 6.24. The van der Waals surface area contributed by atoms with E-state index in [2.05, 4.69) is 89.5 Å². The Labute approximate surface area is 214 Å². The number of hydrogen-bond acceptors (Lipinski definition) is 1. The van der Waals surface area contributed by atoms with Crippen molar-refractivity contribution in [2.24, 2.45) is 0 Å². The Morgan fingerprint density at radius 2 is 1.24 bits per heavy atom. The summed E-state index contributed by atoms with van der Waals surface area (Å²) in [5.41, 5.74) is 5.38. The first-order valence-corrected chi connectivity index (χ1v) is 14.3.